The summed E-state index contributed by atoms with van der Waals surface area (Å²) < 4.78 is 0. The number of halogens is 1. The number of rotatable bonds is 8. The molecule has 0 radical (unpaired) electrons. The van der Waals surface area contributed by atoms with Gasteiger partial charge in [-0.05, 0) is 49.9 Å². The van der Waals surface area contributed by atoms with Crippen LogP contribution in [0.3, 0.4) is 0 Å². The zero-order chi connectivity index (χ0) is 16.3. The van der Waals surface area contributed by atoms with Crippen LogP contribution in [0.15, 0.2) is 35.3 Å². The van der Waals surface area contributed by atoms with E-state index in [1.807, 2.05) is 18.8 Å². The molecule has 24 heavy (non-hydrogen) atoms. The molecule has 1 aromatic carbocycles. The SMILES string of the molecule is CN=C(NCCCSC)NCC(c1ccccc1)N1CCCC1.I. The minimum atomic E-state index is 0. The van der Waals surface area contributed by atoms with Crippen LogP contribution >= 0.6 is 35.7 Å². The van der Waals surface area contributed by atoms with Gasteiger partial charge in [0.15, 0.2) is 5.96 Å². The third-order valence-electron chi connectivity index (χ3n) is 4.27. The summed E-state index contributed by atoms with van der Waals surface area (Å²) in [6, 6.07) is 11.2. The van der Waals surface area contributed by atoms with Crippen LogP contribution < -0.4 is 10.6 Å². The number of hydrogen-bond acceptors (Lipinski definition) is 3. The van der Waals surface area contributed by atoms with Gasteiger partial charge in [-0.25, -0.2) is 0 Å². The Kier molecular flexibility index (Phi) is 11.5. The first-order valence-corrected chi connectivity index (χ1v) is 9.97. The van der Waals surface area contributed by atoms with Crippen molar-refractivity contribution < 1.29 is 0 Å². The van der Waals surface area contributed by atoms with Crippen LogP contribution in [-0.4, -0.2) is 56.1 Å². The molecule has 0 amide bonds. The number of thioether (sulfide) groups is 1. The van der Waals surface area contributed by atoms with Crippen molar-refractivity contribution in [3.05, 3.63) is 35.9 Å². The molecular formula is C18H31IN4S. The molecule has 1 saturated heterocycles. The minimum absolute atomic E-state index is 0. The number of likely N-dealkylation sites (tertiary alicyclic amines) is 1. The molecular weight excluding hydrogens is 431 g/mol. The Hall–Kier alpha value is -0.470. The van der Waals surface area contributed by atoms with Crippen LogP contribution in [0.1, 0.15) is 30.9 Å². The third-order valence-corrected chi connectivity index (χ3v) is 4.97. The molecule has 0 saturated carbocycles. The molecule has 1 aromatic rings. The molecule has 0 spiro atoms. The van der Waals surface area contributed by atoms with E-state index in [2.05, 4.69) is 57.1 Å². The van der Waals surface area contributed by atoms with Crippen LogP contribution in [0.5, 0.6) is 0 Å². The second-order valence-corrected chi connectivity index (χ2v) is 6.88. The summed E-state index contributed by atoms with van der Waals surface area (Å²) in [5.41, 5.74) is 1.39. The van der Waals surface area contributed by atoms with Gasteiger partial charge in [0.2, 0.25) is 0 Å². The van der Waals surface area contributed by atoms with E-state index in [1.165, 1.54) is 37.2 Å². The Morgan fingerprint density at radius 2 is 1.92 bits per heavy atom. The molecule has 2 rings (SSSR count). The van der Waals surface area contributed by atoms with Crippen molar-refractivity contribution in [3.63, 3.8) is 0 Å². The quantitative estimate of drug-likeness (QED) is 0.269. The van der Waals surface area contributed by atoms with Crippen LogP contribution in [0, 0.1) is 0 Å². The summed E-state index contributed by atoms with van der Waals surface area (Å²) in [5, 5.41) is 6.92. The van der Waals surface area contributed by atoms with E-state index in [-0.39, 0.29) is 24.0 Å². The lowest BCUT2D eigenvalue weighted by molar-refractivity contribution is 0.245. The van der Waals surface area contributed by atoms with Gasteiger partial charge in [0, 0.05) is 20.1 Å². The molecule has 1 heterocycles. The normalized spacial score (nSPS) is 16.5. The molecule has 1 aliphatic rings. The second kappa shape index (κ2) is 12.8. The number of nitrogens with one attached hydrogen (secondary N) is 2. The molecule has 1 unspecified atom stereocenters. The molecule has 1 fully saturated rings. The molecule has 0 bridgehead atoms. The van der Waals surface area contributed by atoms with Gasteiger partial charge in [-0.1, -0.05) is 30.3 Å². The summed E-state index contributed by atoms with van der Waals surface area (Å²) >= 11 is 1.89. The predicted octanol–water partition coefficient (Wildman–Crippen LogP) is 3.36. The fraction of sp³-hybridized carbons (Fsp3) is 0.611. The van der Waals surface area contributed by atoms with E-state index < -0.39 is 0 Å². The highest BCUT2D eigenvalue weighted by Crippen LogP contribution is 2.24. The van der Waals surface area contributed by atoms with E-state index in [0.717, 1.165) is 25.5 Å². The van der Waals surface area contributed by atoms with E-state index in [0.29, 0.717) is 6.04 Å². The van der Waals surface area contributed by atoms with Gasteiger partial charge in [-0.3, -0.25) is 9.89 Å². The molecule has 0 aromatic heterocycles. The molecule has 2 N–H and O–H groups in total. The molecule has 136 valence electrons. The number of hydrogen-bond donors (Lipinski definition) is 2. The largest absolute Gasteiger partial charge is 0.356 e. The highest BCUT2D eigenvalue weighted by Gasteiger charge is 2.23. The summed E-state index contributed by atoms with van der Waals surface area (Å²) in [6.07, 6.45) is 5.93. The lowest BCUT2D eigenvalue weighted by Crippen LogP contribution is -2.43. The average molecular weight is 462 g/mol. The maximum Gasteiger partial charge on any atom is 0.191 e. The first-order valence-electron chi connectivity index (χ1n) is 8.57. The molecule has 0 aliphatic carbocycles. The summed E-state index contributed by atoms with van der Waals surface area (Å²) in [6.45, 7) is 4.26. The standard InChI is InChI=1S/C18H30N4S.HI/c1-19-18(20-11-8-14-23-2)21-15-17(22-12-6-7-13-22)16-9-4-3-5-10-16;/h3-5,9-10,17H,6-8,11-15H2,1-2H3,(H2,19,20,21);1H. The maximum absolute atomic E-state index is 4.35. The van der Waals surface area contributed by atoms with Crippen LogP contribution in [0.4, 0.5) is 0 Å². The van der Waals surface area contributed by atoms with Gasteiger partial charge in [-0.15, -0.1) is 24.0 Å². The fourth-order valence-corrected chi connectivity index (χ4v) is 3.46. The number of guanidine groups is 1. The van der Waals surface area contributed by atoms with Crippen molar-refractivity contribution in [2.45, 2.75) is 25.3 Å². The minimum Gasteiger partial charge on any atom is -0.356 e. The Morgan fingerprint density at radius 3 is 2.54 bits per heavy atom. The maximum atomic E-state index is 4.35. The summed E-state index contributed by atoms with van der Waals surface area (Å²) in [5.74, 6) is 2.09. The van der Waals surface area contributed by atoms with Crippen molar-refractivity contribution in [2.75, 3.05) is 45.2 Å². The lowest BCUT2D eigenvalue weighted by atomic mass is 10.1. The number of benzene rings is 1. The van der Waals surface area contributed by atoms with E-state index in [4.69, 9.17) is 0 Å². The van der Waals surface area contributed by atoms with E-state index >= 15 is 0 Å². The monoisotopic (exact) mass is 462 g/mol. The summed E-state index contributed by atoms with van der Waals surface area (Å²) in [7, 11) is 1.84. The van der Waals surface area contributed by atoms with Gasteiger partial charge in [0.25, 0.3) is 0 Å². The topological polar surface area (TPSA) is 39.7 Å². The number of nitrogens with zero attached hydrogens (tertiary/aromatic N) is 2. The predicted molar refractivity (Wildman–Crippen MR) is 118 cm³/mol. The van der Waals surface area contributed by atoms with Gasteiger partial charge >= 0.3 is 0 Å². The van der Waals surface area contributed by atoms with Gasteiger partial charge in [-0.2, -0.15) is 11.8 Å². The smallest absolute Gasteiger partial charge is 0.191 e. The van der Waals surface area contributed by atoms with Crippen molar-refractivity contribution >= 4 is 41.7 Å². The highest BCUT2D eigenvalue weighted by molar-refractivity contribution is 14.0. The second-order valence-electron chi connectivity index (χ2n) is 5.90. The molecule has 6 heteroatoms. The Balaban J connectivity index is 0.00000288. The Bertz CT molecular complexity index is 463. The van der Waals surface area contributed by atoms with E-state index in [9.17, 15) is 0 Å². The van der Waals surface area contributed by atoms with Crippen LogP contribution in [0.2, 0.25) is 0 Å². The van der Waals surface area contributed by atoms with E-state index in [1.54, 1.807) is 0 Å². The van der Waals surface area contributed by atoms with Crippen molar-refractivity contribution in [3.8, 4) is 0 Å². The Labute approximate surface area is 168 Å². The van der Waals surface area contributed by atoms with Crippen molar-refractivity contribution in [1.82, 2.24) is 15.5 Å². The van der Waals surface area contributed by atoms with Gasteiger partial charge < -0.3 is 10.6 Å². The number of aliphatic imine (C=N–C) groups is 1. The zero-order valence-electron chi connectivity index (χ0n) is 14.8. The molecule has 1 aliphatic heterocycles. The zero-order valence-corrected chi connectivity index (χ0v) is 18.0. The van der Waals surface area contributed by atoms with Crippen LogP contribution in [-0.2, 0) is 0 Å². The fourth-order valence-electron chi connectivity index (χ4n) is 3.02. The van der Waals surface area contributed by atoms with Crippen molar-refractivity contribution in [2.24, 2.45) is 4.99 Å². The van der Waals surface area contributed by atoms with Crippen LogP contribution in [0.25, 0.3) is 0 Å². The molecule has 1 atom stereocenters. The Morgan fingerprint density at radius 1 is 1.21 bits per heavy atom. The molecule has 4 nitrogen and oxygen atoms in total. The van der Waals surface area contributed by atoms with Crippen molar-refractivity contribution in [1.29, 1.82) is 0 Å². The average Bonchev–Trinajstić information content (AvgIpc) is 3.12. The first kappa shape index (κ1) is 21.6. The third kappa shape index (κ3) is 7.19. The van der Waals surface area contributed by atoms with Gasteiger partial charge in [0.05, 0.1) is 6.04 Å². The van der Waals surface area contributed by atoms with Gasteiger partial charge in [0.1, 0.15) is 0 Å². The lowest BCUT2D eigenvalue weighted by Gasteiger charge is -2.29. The highest BCUT2D eigenvalue weighted by atomic mass is 127. The summed E-state index contributed by atoms with van der Waals surface area (Å²) in [4.78, 5) is 6.93. The first-order chi connectivity index (χ1) is 11.3.